The molecule has 0 aliphatic heterocycles. The van der Waals surface area contributed by atoms with E-state index in [4.69, 9.17) is 0 Å². The van der Waals surface area contributed by atoms with Crippen LogP contribution in [0.1, 0.15) is 39.3 Å². The van der Waals surface area contributed by atoms with Gasteiger partial charge in [-0.3, -0.25) is 9.78 Å². The highest BCUT2D eigenvalue weighted by Gasteiger charge is 2.04. The van der Waals surface area contributed by atoms with Gasteiger partial charge < -0.3 is 5.32 Å². The molecule has 1 amide bonds. The van der Waals surface area contributed by atoms with E-state index >= 15 is 0 Å². The first-order valence-electron chi connectivity index (χ1n) is 4.87. The van der Waals surface area contributed by atoms with Gasteiger partial charge >= 0.3 is 0 Å². The molecule has 0 aromatic carbocycles. The lowest BCUT2D eigenvalue weighted by Gasteiger charge is -2.11. The first kappa shape index (κ1) is 12.6. The van der Waals surface area contributed by atoms with Crippen molar-refractivity contribution < 1.29 is 4.79 Å². The van der Waals surface area contributed by atoms with Crippen molar-refractivity contribution >= 4 is 5.91 Å². The lowest BCUT2D eigenvalue weighted by Crippen LogP contribution is -2.23. The topological polar surface area (TPSA) is 42.0 Å². The van der Waals surface area contributed by atoms with Crippen LogP contribution in [0.4, 0.5) is 0 Å². The highest BCUT2D eigenvalue weighted by atomic mass is 16.1. The van der Waals surface area contributed by atoms with Crippen LogP contribution in [0.5, 0.6) is 0 Å². The highest BCUT2D eigenvalue weighted by molar-refractivity contribution is 5.73. The maximum Gasteiger partial charge on any atom is 0.217 e. The minimum absolute atomic E-state index is 0.0145. The number of carbonyl (C=O) groups is 1. The second kappa shape index (κ2) is 7.06. The number of amides is 1. The molecule has 0 aliphatic carbocycles. The molecule has 1 unspecified atom stereocenters. The molecule has 1 N–H and O–H groups in total. The highest BCUT2D eigenvalue weighted by Crippen LogP contribution is 2.09. The van der Waals surface area contributed by atoms with E-state index in [1.807, 2.05) is 32.9 Å². The molecule has 1 aromatic heterocycles. The van der Waals surface area contributed by atoms with Gasteiger partial charge in [0.2, 0.25) is 5.91 Å². The zero-order chi connectivity index (χ0) is 11.0. The number of carbonyl (C=O) groups excluding carboxylic acids is 1. The molecule has 0 saturated carbocycles. The van der Waals surface area contributed by atoms with Crippen LogP contribution < -0.4 is 5.32 Å². The van der Waals surface area contributed by atoms with Gasteiger partial charge in [-0.1, -0.05) is 13.8 Å². The first-order chi connectivity index (χ1) is 6.70. The fourth-order valence-corrected chi connectivity index (χ4v) is 1.04. The van der Waals surface area contributed by atoms with Crippen molar-refractivity contribution in [3.63, 3.8) is 0 Å². The van der Waals surface area contributed by atoms with E-state index in [0.29, 0.717) is 0 Å². The third-order valence-corrected chi connectivity index (χ3v) is 1.63. The van der Waals surface area contributed by atoms with Gasteiger partial charge in [-0.2, -0.15) is 0 Å². The summed E-state index contributed by atoms with van der Waals surface area (Å²) in [7, 11) is 0. The molecule has 0 bridgehead atoms. The summed E-state index contributed by atoms with van der Waals surface area (Å²) in [5.41, 5.74) is 1.07. The molecular weight excluding hydrogens is 176 g/mol. The van der Waals surface area contributed by atoms with Crippen LogP contribution in [-0.2, 0) is 4.79 Å². The fraction of sp³-hybridized carbons (Fsp3) is 0.455. The molecule has 3 nitrogen and oxygen atoms in total. The number of rotatable bonds is 2. The van der Waals surface area contributed by atoms with Crippen molar-refractivity contribution in [3.8, 4) is 0 Å². The number of nitrogens with one attached hydrogen (secondary N) is 1. The fourth-order valence-electron chi connectivity index (χ4n) is 1.04. The maximum atomic E-state index is 10.7. The normalized spacial score (nSPS) is 10.9. The van der Waals surface area contributed by atoms with Gasteiger partial charge in [-0.05, 0) is 24.6 Å². The van der Waals surface area contributed by atoms with Crippen molar-refractivity contribution in [2.24, 2.45) is 0 Å². The van der Waals surface area contributed by atoms with Crippen LogP contribution in [0, 0.1) is 0 Å². The Kier molecular flexibility index (Phi) is 6.37. The van der Waals surface area contributed by atoms with E-state index in [-0.39, 0.29) is 11.9 Å². The summed E-state index contributed by atoms with van der Waals surface area (Å²) in [6.07, 6.45) is 3.43. The zero-order valence-electron chi connectivity index (χ0n) is 9.24. The molecule has 1 aromatic rings. The molecule has 0 radical (unpaired) electrons. The largest absolute Gasteiger partial charge is 0.350 e. The van der Waals surface area contributed by atoms with E-state index in [0.717, 1.165) is 5.56 Å². The second-order valence-electron chi connectivity index (χ2n) is 2.70. The second-order valence-corrected chi connectivity index (χ2v) is 2.70. The van der Waals surface area contributed by atoms with Crippen LogP contribution in [0.15, 0.2) is 24.5 Å². The van der Waals surface area contributed by atoms with E-state index in [9.17, 15) is 4.79 Å². The number of hydrogen-bond acceptors (Lipinski definition) is 2. The van der Waals surface area contributed by atoms with E-state index in [1.54, 1.807) is 12.4 Å². The molecule has 1 heterocycles. The Morgan fingerprint density at radius 1 is 1.36 bits per heavy atom. The summed E-state index contributed by atoms with van der Waals surface area (Å²) in [4.78, 5) is 14.6. The van der Waals surface area contributed by atoms with Crippen LogP contribution >= 0.6 is 0 Å². The molecule has 1 rings (SSSR count). The SMILES string of the molecule is CC.CC(=O)NC(C)c1ccncc1. The average molecular weight is 194 g/mol. The zero-order valence-corrected chi connectivity index (χ0v) is 9.24. The van der Waals surface area contributed by atoms with Gasteiger partial charge in [0, 0.05) is 19.3 Å². The maximum absolute atomic E-state index is 10.7. The van der Waals surface area contributed by atoms with Crippen LogP contribution in [-0.4, -0.2) is 10.9 Å². The van der Waals surface area contributed by atoms with E-state index in [1.165, 1.54) is 6.92 Å². The van der Waals surface area contributed by atoms with Crippen LogP contribution in [0.3, 0.4) is 0 Å². The monoisotopic (exact) mass is 194 g/mol. The lowest BCUT2D eigenvalue weighted by molar-refractivity contribution is -0.119. The molecule has 3 heteroatoms. The predicted molar refractivity (Wildman–Crippen MR) is 57.8 cm³/mol. The number of nitrogens with zero attached hydrogens (tertiary/aromatic N) is 1. The van der Waals surface area contributed by atoms with Crippen LogP contribution in [0.25, 0.3) is 0 Å². The minimum atomic E-state index is -0.0145. The summed E-state index contributed by atoms with van der Waals surface area (Å²) in [5, 5.41) is 2.79. The molecular formula is C11H18N2O. The third kappa shape index (κ3) is 4.60. The molecule has 1 atom stereocenters. The van der Waals surface area contributed by atoms with Gasteiger partial charge in [0.15, 0.2) is 0 Å². The standard InChI is InChI=1S/C9H12N2O.C2H6/c1-7(11-8(2)12)9-3-5-10-6-4-9;1-2/h3-7H,1-2H3,(H,11,12);1-2H3. The van der Waals surface area contributed by atoms with Crippen LogP contribution in [0.2, 0.25) is 0 Å². The average Bonchev–Trinajstić information content (AvgIpc) is 2.21. The van der Waals surface area contributed by atoms with Crippen molar-refractivity contribution in [2.75, 3.05) is 0 Å². The van der Waals surface area contributed by atoms with E-state index < -0.39 is 0 Å². The summed E-state index contributed by atoms with van der Waals surface area (Å²) in [6.45, 7) is 7.45. The molecule has 0 aliphatic rings. The lowest BCUT2D eigenvalue weighted by atomic mass is 10.1. The van der Waals surface area contributed by atoms with Crippen molar-refractivity contribution in [2.45, 2.75) is 33.7 Å². The van der Waals surface area contributed by atoms with Crippen molar-refractivity contribution in [1.29, 1.82) is 0 Å². The summed E-state index contributed by atoms with van der Waals surface area (Å²) >= 11 is 0. The Morgan fingerprint density at radius 3 is 2.29 bits per heavy atom. The molecule has 0 saturated heterocycles. The third-order valence-electron chi connectivity index (χ3n) is 1.63. The molecule has 0 spiro atoms. The first-order valence-corrected chi connectivity index (χ1v) is 4.87. The number of aromatic nitrogens is 1. The Bertz CT molecular complexity index is 259. The van der Waals surface area contributed by atoms with Crippen molar-refractivity contribution in [3.05, 3.63) is 30.1 Å². The Morgan fingerprint density at radius 2 is 1.86 bits per heavy atom. The van der Waals surface area contributed by atoms with Gasteiger partial charge in [0.1, 0.15) is 0 Å². The quantitative estimate of drug-likeness (QED) is 0.785. The summed E-state index contributed by atoms with van der Waals surface area (Å²) in [5.74, 6) is -0.0145. The van der Waals surface area contributed by atoms with Crippen molar-refractivity contribution in [1.82, 2.24) is 10.3 Å². The van der Waals surface area contributed by atoms with Gasteiger partial charge in [0.05, 0.1) is 6.04 Å². The Hall–Kier alpha value is -1.38. The number of pyridine rings is 1. The number of hydrogen-bond donors (Lipinski definition) is 1. The smallest absolute Gasteiger partial charge is 0.217 e. The Labute approximate surface area is 85.6 Å². The van der Waals surface area contributed by atoms with Gasteiger partial charge in [-0.25, -0.2) is 0 Å². The predicted octanol–water partition coefficient (Wildman–Crippen LogP) is 2.30. The Balaban J connectivity index is 0.000000791. The molecule has 78 valence electrons. The summed E-state index contributed by atoms with van der Waals surface area (Å²) < 4.78 is 0. The van der Waals surface area contributed by atoms with Gasteiger partial charge in [-0.15, -0.1) is 0 Å². The minimum Gasteiger partial charge on any atom is -0.350 e. The molecule has 0 fully saturated rings. The van der Waals surface area contributed by atoms with E-state index in [2.05, 4.69) is 10.3 Å². The summed E-state index contributed by atoms with van der Waals surface area (Å²) in [6, 6.07) is 3.84. The molecule has 14 heavy (non-hydrogen) atoms. The van der Waals surface area contributed by atoms with Gasteiger partial charge in [0.25, 0.3) is 0 Å².